The summed E-state index contributed by atoms with van der Waals surface area (Å²) in [4.78, 5) is 35.8. The van der Waals surface area contributed by atoms with Gasteiger partial charge in [0.15, 0.2) is 23.8 Å². The van der Waals surface area contributed by atoms with Gasteiger partial charge in [0, 0.05) is 6.08 Å². The summed E-state index contributed by atoms with van der Waals surface area (Å²) in [6.45, 7) is 2.97. The zero-order valence-electron chi connectivity index (χ0n) is 18.2. The Kier molecular flexibility index (Phi) is 7.37. The lowest BCUT2D eigenvalue weighted by Crippen LogP contribution is -2.36. The van der Waals surface area contributed by atoms with Gasteiger partial charge in [-0.3, -0.25) is 0 Å². The van der Waals surface area contributed by atoms with Crippen molar-refractivity contribution in [2.75, 3.05) is 20.0 Å². The van der Waals surface area contributed by atoms with Crippen LogP contribution in [0.4, 0.5) is 8.78 Å². The number of esters is 3. The van der Waals surface area contributed by atoms with E-state index in [1.54, 1.807) is 0 Å². The molecule has 0 aliphatic carbocycles. The van der Waals surface area contributed by atoms with E-state index in [-0.39, 0.29) is 31.1 Å². The van der Waals surface area contributed by atoms with Crippen LogP contribution in [-0.4, -0.2) is 62.3 Å². The van der Waals surface area contributed by atoms with Gasteiger partial charge in [-0.1, -0.05) is 6.58 Å². The van der Waals surface area contributed by atoms with Gasteiger partial charge in [-0.25, -0.2) is 23.2 Å². The number of fused-ring (bicyclic) bond motifs is 1. The first kappa shape index (κ1) is 24.3. The first-order valence-electron chi connectivity index (χ1n) is 10.5. The molecule has 184 valence electrons. The van der Waals surface area contributed by atoms with Crippen LogP contribution in [0.25, 0.3) is 0 Å². The van der Waals surface area contributed by atoms with E-state index in [9.17, 15) is 23.2 Å². The largest absolute Gasteiger partial charge is 0.457 e. The molecule has 4 unspecified atom stereocenters. The average molecular weight is 490 g/mol. The number of benzene rings is 2. The molecule has 2 heterocycles. The first-order chi connectivity index (χ1) is 16.9. The summed E-state index contributed by atoms with van der Waals surface area (Å²) in [5.74, 6) is -3.99. The maximum atomic E-state index is 13.4. The topological polar surface area (TPSA) is 107 Å². The Bertz CT molecular complexity index is 1120. The molecule has 9 nitrogen and oxygen atoms in total. The van der Waals surface area contributed by atoms with E-state index < -0.39 is 54.0 Å². The fourth-order valence-electron chi connectivity index (χ4n) is 3.57. The lowest BCUT2D eigenvalue weighted by Gasteiger charge is -2.17. The Morgan fingerprint density at radius 1 is 0.886 bits per heavy atom. The van der Waals surface area contributed by atoms with Crippen molar-refractivity contribution in [1.29, 1.82) is 0 Å². The van der Waals surface area contributed by atoms with Gasteiger partial charge in [0.2, 0.25) is 6.79 Å². The van der Waals surface area contributed by atoms with Crippen molar-refractivity contribution < 1.29 is 51.6 Å². The predicted molar refractivity (Wildman–Crippen MR) is 112 cm³/mol. The summed E-state index contributed by atoms with van der Waals surface area (Å²) >= 11 is 0. The SMILES string of the molecule is C=CC(=O)OCOc1ccc(C(=O)OC2COC3C(OC(=O)c4ccc(F)c(F)c4)COC23)cc1. The van der Waals surface area contributed by atoms with Crippen molar-refractivity contribution in [2.45, 2.75) is 24.4 Å². The average Bonchev–Trinajstić information content (AvgIpc) is 3.44. The Balaban J connectivity index is 1.29. The van der Waals surface area contributed by atoms with Crippen LogP contribution in [-0.2, 0) is 28.5 Å². The zero-order chi connectivity index (χ0) is 24.9. The molecule has 0 amide bonds. The van der Waals surface area contributed by atoms with E-state index in [1.807, 2.05) is 0 Å². The second-order valence-electron chi connectivity index (χ2n) is 7.57. The third-order valence-corrected chi connectivity index (χ3v) is 5.32. The summed E-state index contributed by atoms with van der Waals surface area (Å²) in [6, 6.07) is 8.65. The van der Waals surface area contributed by atoms with E-state index in [4.69, 9.17) is 28.4 Å². The second-order valence-corrected chi connectivity index (χ2v) is 7.57. The van der Waals surface area contributed by atoms with Gasteiger partial charge < -0.3 is 28.4 Å². The standard InChI is InChI=1S/C24H20F2O9/c1-2-20(27)33-12-32-15-6-3-13(4-7-15)23(28)34-18-10-30-22-19(11-31-21(18)22)35-24(29)14-5-8-16(25)17(26)9-14/h2-9,18-19,21-22H,1,10-12H2. The summed E-state index contributed by atoms with van der Waals surface area (Å²) in [7, 11) is 0. The molecule has 0 aromatic heterocycles. The van der Waals surface area contributed by atoms with Gasteiger partial charge in [-0.15, -0.1) is 0 Å². The number of ether oxygens (including phenoxy) is 6. The lowest BCUT2D eigenvalue weighted by atomic mass is 10.1. The predicted octanol–water partition coefficient (Wildman–Crippen LogP) is 2.58. The molecule has 0 N–H and O–H groups in total. The molecule has 0 saturated carbocycles. The Morgan fingerprint density at radius 2 is 1.46 bits per heavy atom. The Labute approximate surface area is 198 Å². The highest BCUT2D eigenvalue weighted by atomic mass is 19.2. The summed E-state index contributed by atoms with van der Waals surface area (Å²) in [5.41, 5.74) is 0.0859. The van der Waals surface area contributed by atoms with E-state index >= 15 is 0 Å². The molecule has 2 aromatic carbocycles. The Morgan fingerprint density at radius 3 is 2.03 bits per heavy atom. The Hall–Kier alpha value is -3.83. The first-order valence-corrected chi connectivity index (χ1v) is 10.5. The minimum absolute atomic E-state index is 0.0126. The zero-order valence-corrected chi connectivity index (χ0v) is 18.2. The monoisotopic (exact) mass is 490 g/mol. The van der Waals surface area contributed by atoms with E-state index in [0.717, 1.165) is 24.3 Å². The van der Waals surface area contributed by atoms with Crippen molar-refractivity contribution >= 4 is 17.9 Å². The molecular weight excluding hydrogens is 470 g/mol. The van der Waals surface area contributed by atoms with E-state index in [2.05, 4.69) is 6.58 Å². The quantitative estimate of drug-likeness (QED) is 0.239. The van der Waals surface area contributed by atoms with Crippen LogP contribution in [0, 0.1) is 11.6 Å². The smallest absolute Gasteiger partial charge is 0.338 e. The normalized spacial score (nSPS) is 22.7. The van der Waals surface area contributed by atoms with Gasteiger partial charge in [-0.05, 0) is 42.5 Å². The fourth-order valence-corrected chi connectivity index (χ4v) is 3.57. The van der Waals surface area contributed by atoms with Crippen LogP contribution in [0.1, 0.15) is 20.7 Å². The molecule has 0 bridgehead atoms. The van der Waals surface area contributed by atoms with Crippen LogP contribution in [0.5, 0.6) is 5.75 Å². The number of hydrogen-bond acceptors (Lipinski definition) is 9. The van der Waals surface area contributed by atoms with Crippen molar-refractivity contribution in [3.05, 3.63) is 77.9 Å². The van der Waals surface area contributed by atoms with Crippen LogP contribution < -0.4 is 4.74 Å². The molecule has 2 fully saturated rings. The number of rotatable bonds is 8. The third-order valence-electron chi connectivity index (χ3n) is 5.32. The molecule has 35 heavy (non-hydrogen) atoms. The van der Waals surface area contributed by atoms with E-state index in [0.29, 0.717) is 5.75 Å². The van der Waals surface area contributed by atoms with Crippen molar-refractivity contribution in [3.63, 3.8) is 0 Å². The van der Waals surface area contributed by atoms with Crippen LogP contribution in [0.2, 0.25) is 0 Å². The highest BCUT2D eigenvalue weighted by molar-refractivity contribution is 5.90. The second kappa shape index (κ2) is 10.6. The molecule has 2 aliphatic heterocycles. The van der Waals surface area contributed by atoms with Gasteiger partial charge in [0.1, 0.15) is 18.0 Å². The number of hydrogen-bond donors (Lipinski definition) is 0. The summed E-state index contributed by atoms with van der Waals surface area (Å²) in [5, 5.41) is 0. The molecule has 4 rings (SSSR count). The summed E-state index contributed by atoms with van der Waals surface area (Å²) < 4.78 is 58.5. The number of carbonyl (C=O) groups excluding carboxylic acids is 3. The summed E-state index contributed by atoms with van der Waals surface area (Å²) in [6.07, 6.45) is -1.89. The van der Waals surface area contributed by atoms with Crippen molar-refractivity contribution in [3.8, 4) is 5.75 Å². The van der Waals surface area contributed by atoms with Gasteiger partial charge in [0.05, 0.1) is 24.3 Å². The van der Waals surface area contributed by atoms with Crippen LogP contribution in [0.3, 0.4) is 0 Å². The minimum atomic E-state index is -1.17. The van der Waals surface area contributed by atoms with Gasteiger partial charge in [-0.2, -0.15) is 0 Å². The van der Waals surface area contributed by atoms with Gasteiger partial charge >= 0.3 is 17.9 Å². The third kappa shape index (κ3) is 5.64. The van der Waals surface area contributed by atoms with Crippen LogP contribution in [0.15, 0.2) is 55.1 Å². The number of carbonyl (C=O) groups is 3. The fraction of sp³-hybridized carbons (Fsp3) is 0.292. The molecule has 2 aromatic rings. The number of halogens is 2. The van der Waals surface area contributed by atoms with Crippen molar-refractivity contribution in [2.24, 2.45) is 0 Å². The van der Waals surface area contributed by atoms with Crippen molar-refractivity contribution in [1.82, 2.24) is 0 Å². The molecule has 11 heteroatoms. The van der Waals surface area contributed by atoms with Gasteiger partial charge in [0.25, 0.3) is 0 Å². The molecular formula is C24H20F2O9. The molecule has 0 radical (unpaired) electrons. The maximum Gasteiger partial charge on any atom is 0.338 e. The molecule has 0 spiro atoms. The van der Waals surface area contributed by atoms with E-state index in [1.165, 1.54) is 24.3 Å². The molecule has 2 aliphatic rings. The lowest BCUT2D eigenvalue weighted by molar-refractivity contribution is -0.144. The van der Waals surface area contributed by atoms with Crippen LogP contribution >= 0.6 is 0 Å². The molecule has 4 atom stereocenters. The molecule has 2 saturated heterocycles. The highest BCUT2D eigenvalue weighted by Crippen LogP contribution is 2.31. The maximum absolute atomic E-state index is 13.4. The minimum Gasteiger partial charge on any atom is -0.457 e. The highest BCUT2D eigenvalue weighted by Gasteiger charge is 2.51.